The standard InChI is InChI=1S/C11H22N2O2.ClH/c1-2-4-10(12)11(15)13-6-3-5-9(7-13)8-14;/h9-10,14H,2-8,12H2,1H3;1H. The SMILES string of the molecule is CCCC(N)C(=O)N1CCCC(CO)C1.Cl. The summed E-state index contributed by atoms with van der Waals surface area (Å²) in [4.78, 5) is 13.7. The summed E-state index contributed by atoms with van der Waals surface area (Å²) >= 11 is 0. The van der Waals surface area contributed by atoms with E-state index >= 15 is 0 Å². The van der Waals surface area contributed by atoms with Crippen LogP contribution in [-0.4, -0.2) is 41.7 Å². The third kappa shape index (κ3) is 4.28. The molecular weight excluding hydrogens is 228 g/mol. The van der Waals surface area contributed by atoms with Crippen LogP contribution in [0.5, 0.6) is 0 Å². The number of nitrogens with two attached hydrogens (primary N) is 1. The van der Waals surface area contributed by atoms with Crippen LogP contribution in [0.4, 0.5) is 0 Å². The van der Waals surface area contributed by atoms with Crippen molar-refractivity contribution in [1.82, 2.24) is 4.90 Å². The first-order chi connectivity index (χ1) is 7.19. The smallest absolute Gasteiger partial charge is 0.239 e. The zero-order valence-electron chi connectivity index (χ0n) is 9.89. The second-order valence-corrected chi connectivity index (χ2v) is 4.37. The zero-order valence-corrected chi connectivity index (χ0v) is 10.7. The number of hydrogen-bond donors (Lipinski definition) is 2. The summed E-state index contributed by atoms with van der Waals surface area (Å²) in [6.45, 7) is 3.67. The van der Waals surface area contributed by atoms with Crippen molar-refractivity contribution >= 4 is 18.3 Å². The van der Waals surface area contributed by atoms with Gasteiger partial charge in [-0.05, 0) is 25.2 Å². The first-order valence-electron chi connectivity index (χ1n) is 5.84. The van der Waals surface area contributed by atoms with Gasteiger partial charge in [0.1, 0.15) is 0 Å². The summed E-state index contributed by atoms with van der Waals surface area (Å²) in [6.07, 6.45) is 3.68. The van der Waals surface area contributed by atoms with Crippen molar-refractivity contribution < 1.29 is 9.90 Å². The van der Waals surface area contributed by atoms with E-state index in [2.05, 4.69) is 0 Å². The van der Waals surface area contributed by atoms with Crippen LogP contribution in [0.2, 0.25) is 0 Å². The normalized spacial score (nSPS) is 22.4. The average Bonchev–Trinajstić information content (AvgIpc) is 2.28. The molecule has 5 heteroatoms. The highest BCUT2D eigenvalue weighted by atomic mass is 35.5. The van der Waals surface area contributed by atoms with Gasteiger partial charge in [-0.25, -0.2) is 0 Å². The van der Waals surface area contributed by atoms with Crippen LogP contribution >= 0.6 is 12.4 Å². The second-order valence-electron chi connectivity index (χ2n) is 4.37. The van der Waals surface area contributed by atoms with E-state index in [1.807, 2.05) is 11.8 Å². The van der Waals surface area contributed by atoms with Crippen molar-refractivity contribution in [3.05, 3.63) is 0 Å². The highest BCUT2D eigenvalue weighted by Crippen LogP contribution is 2.16. The Hall–Kier alpha value is -0.320. The van der Waals surface area contributed by atoms with Gasteiger partial charge in [0.15, 0.2) is 0 Å². The summed E-state index contributed by atoms with van der Waals surface area (Å²) < 4.78 is 0. The molecule has 2 atom stereocenters. The van der Waals surface area contributed by atoms with Crippen LogP contribution in [0.25, 0.3) is 0 Å². The summed E-state index contributed by atoms with van der Waals surface area (Å²) in [5, 5.41) is 9.06. The van der Waals surface area contributed by atoms with E-state index in [0.717, 1.165) is 32.2 Å². The van der Waals surface area contributed by atoms with E-state index < -0.39 is 0 Å². The molecule has 0 aliphatic carbocycles. The van der Waals surface area contributed by atoms with Crippen molar-refractivity contribution in [2.24, 2.45) is 11.7 Å². The third-order valence-corrected chi connectivity index (χ3v) is 3.01. The van der Waals surface area contributed by atoms with Crippen molar-refractivity contribution in [3.8, 4) is 0 Å². The molecule has 0 radical (unpaired) electrons. The molecule has 0 saturated carbocycles. The van der Waals surface area contributed by atoms with E-state index in [1.54, 1.807) is 0 Å². The lowest BCUT2D eigenvalue weighted by molar-refractivity contribution is -0.134. The molecule has 1 aliphatic rings. The summed E-state index contributed by atoms with van der Waals surface area (Å²) in [5.41, 5.74) is 5.79. The Kier molecular flexibility index (Phi) is 7.72. The number of halogens is 1. The van der Waals surface area contributed by atoms with Gasteiger partial charge in [-0.15, -0.1) is 12.4 Å². The van der Waals surface area contributed by atoms with Crippen LogP contribution in [-0.2, 0) is 4.79 Å². The van der Waals surface area contributed by atoms with E-state index in [4.69, 9.17) is 10.8 Å². The summed E-state index contributed by atoms with van der Waals surface area (Å²) in [7, 11) is 0. The van der Waals surface area contributed by atoms with Gasteiger partial charge < -0.3 is 15.7 Å². The predicted octanol–water partition coefficient (Wildman–Crippen LogP) is 0.766. The van der Waals surface area contributed by atoms with Crippen LogP contribution in [0.15, 0.2) is 0 Å². The molecule has 0 spiro atoms. The molecule has 16 heavy (non-hydrogen) atoms. The predicted molar refractivity (Wildman–Crippen MR) is 66.5 cm³/mol. The third-order valence-electron chi connectivity index (χ3n) is 3.01. The lowest BCUT2D eigenvalue weighted by Crippen LogP contribution is -2.48. The van der Waals surface area contributed by atoms with Crippen LogP contribution < -0.4 is 5.73 Å². The fraction of sp³-hybridized carbons (Fsp3) is 0.909. The van der Waals surface area contributed by atoms with Gasteiger partial charge >= 0.3 is 0 Å². The number of nitrogens with zero attached hydrogens (tertiary/aromatic N) is 1. The molecule has 1 fully saturated rings. The maximum absolute atomic E-state index is 11.9. The van der Waals surface area contributed by atoms with Crippen LogP contribution in [0, 0.1) is 5.92 Å². The minimum atomic E-state index is -0.354. The quantitative estimate of drug-likeness (QED) is 0.775. The Labute approximate surface area is 104 Å². The minimum Gasteiger partial charge on any atom is -0.396 e. The van der Waals surface area contributed by atoms with Crippen molar-refractivity contribution in [2.45, 2.75) is 38.6 Å². The second kappa shape index (κ2) is 7.87. The Morgan fingerprint density at radius 3 is 2.88 bits per heavy atom. The highest BCUT2D eigenvalue weighted by Gasteiger charge is 2.26. The molecule has 4 nitrogen and oxygen atoms in total. The first-order valence-corrected chi connectivity index (χ1v) is 5.84. The number of carbonyl (C=O) groups excluding carboxylic acids is 1. The monoisotopic (exact) mass is 250 g/mol. The maximum Gasteiger partial charge on any atom is 0.239 e. The molecule has 1 saturated heterocycles. The number of rotatable bonds is 4. The molecule has 0 aromatic rings. The highest BCUT2D eigenvalue weighted by molar-refractivity contribution is 5.85. The van der Waals surface area contributed by atoms with E-state index in [-0.39, 0.29) is 36.9 Å². The van der Waals surface area contributed by atoms with Crippen LogP contribution in [0.1, 0.15) is 32.6 Å². The number of carbonyl (C=O) groups is 1. The number of piperidine rings is 1. The first kappa shape index (κ1) is 15.7. The van der Waals surface area contributed by atoms with E-state index in [0.29, 0.717) is 6.54 Å². The number of aliphatic hydroxyl groups is 1. The van der Waals surface area contributed by atoms with Crippen molar-refractivity contribution in [1.29, 1.82) is 0 Å². The Balaban J connectivity index is 0.00000225. The molecule has 2 unspecified atom stereocenters. The number of hydrogen-bond acceptors (Lipinski definition) is 3. The van der Waals surface area contributed by atoms with Gasteiger partial charge in [0.25, 0.3) is 0 Å². The molecule has 96 valence electrons. The number of aliphatic hydroxyl groups excluding tert-OH is 1. The van der Waals surface area contributed by atoms with E-state index in [9.17, 15) is 4.79 Å². The van der Waals surface area contributed by atoms with Gasteiger partial charge in [0, 0.05) is 19.7 Å². The van der Waals surface area contributed by atoms with Gasteiger partial charge in [0.05, 0.1) is 6.04 Å². The number of amides is 1. The Morgan fingerprint density at radius 1 is 1.62 bits per heavy atom. The van der Waals surface area contributed by atoms with Gasteiger partial charge in [0.2, 0.25) is 5.91 Å². The zero-order chi connectivity index (χ0) is 11.3. The summed E-state index contributed by atoms with van der Waals surface area (Å²) in [6, 6.07) is -0.354. The summed E-state index contributed by atoms with van der Waals surface area (Å²) in [5.74, 6) is 0.298. The molecule has 0 aromatic heterocycles. The molecule has 1 rings (SSSR count). The minimum absolute atomic E-state index is 0. The molecule has 1 heterocycles. The van der Waals surface area contributed by atoms with Gasteiger partial charge in [-0.2, -0.15) is 0 Å². The van der Waals surface area contributed by atoms with Crippen molar-refractivity contribution in [2.75, 3.05) is 19.7 Å². The van der Waals surface area contributed by atoms with Gasteiger partial charge in [-0.1, -0.05) is 13.3 Å². The topological polar surface area (TPSA) is 66.6 Å². The molecule has 3 N–H and O–H groups in total. The lowest BCUT2D eigenvalue weighted by atomic mass is 9.98. The Morgan fingerprint density at radius 2 is 2.31 bits per heavy atom. The van der Waals surface area contributed by atoms with Gasteiger partial charge in [-0.3, -0.25) is 4.79 Å². The maximum atomic E-state index is 11.9. The van der Waals surface area contributed by atoms with Crippen LogP contribution in [0.3, 0.4) is 0 Å². The molecule has 1 aliphatic heterocycles. The fourth-order valence-corrected chi connectivity index (χ4v) is 2.08. The molecule has 0 bridgehead atoms. The molecule has 1 amide bonds. The Bertz CT molecular complexity index is 214. The molecule has 0 aromatic carbocycles. The number of likely N-dealkylation sites (tertiary alicyclic amines) is 1. The fourth-order valence-electron chi connectivity index (χ4n) is 2.08. The lowest BCUT2D eigenvalue weighted by Gasteiger charge is -2.33. The largest absolute Gasteiger partial charge is 0.396 e. The average molecular weight is 251 g/mol. The van der Waals surface area contributed by atoms with E-state index in [1.165, 1.54) is 0 Å². The van der Waals surface area contributed by atoms with Crippen molar-refractivity contribution in [3.63, 3.8) is 0 Å². The molecular formula is C11H23ClN2O2.